The number of hydrogen-bond donors (Lipinski definition) is 1. The summed E-state index contributed by atoms with van der Waals surface area (Å²) in [5, 5.41) is 2.90. The molecule has 0 spiro atoms. The van der Waals surface area contributed by atoms with E-state index in [-0.39, 0.29) is 5.91 Å². The van der Waals surface area contributed by atoms with Crippen molar-refractivity contribution in [3.63, 3.8) is 0 Å². The lowest BCUT2D eigenvalue weighted by Crippen LogP contribution is -2.23. The highest BCUT2D eigenvalue weighted by molar-refractivity contribution is 5.75. The first-order valence-electron chi connectivity index (χ1n) is 5.47. The molecule has 0 unspecified atom stereocenters. The van der Waals surface area contributed by atoms with Crippen LogP contribution in [0.15, 0.2) is 0 Å². The van der Waals surface area contributed by atoms with Crippen LogP contribution in [0.5, 0.6) is 0 Å². The second-order valence-electron chi connectivity index (χ2n) is 3.34. The van der Waals surface area contributed by atoms with Crippen LogP contribution in [-0.2, 0) is 4.79 Å². The minimum atomic E-state index is 0.183. The van der Waals surface area contributed by atoms with Gasteiger partial charge in [0.25, 0.3) is 0 Å². The molecule has 0 radical (unpaired) electrons. The van der Waals surface area contributed by atoms with E-state index in [4.69, 9.17) is 0 Å². The Hall–Kier alpha value is -0.970. The Labute approximate surface area is 87.5 Å². The number of carbonyl (C=O) groups is 1. The third-order valence-corrected chi connectivity index (χ3v) is 1.98. The summed E-state index contributed by atoms with van der Waals surface area (Å²) < 4.78 is 0. The molecular weight excluding hydrogens is 174 g/mol. The van der Waals surface area contributed by atoms with Crippen molar-refractivity contribution >= 4 is 5.91 Å². The highest BCUT2D eigenvalue weighted by Gasteiger charge is 1.98. The van der Waals surface area contributed by atoms with E-state index in [0.717, 1.165) is 38.6 Å². The SMILES string of the molecule is CC#CCCCCC(=O)NCCCC. The topological polar surface area (TPSA) is 29.1 Å². The summed E-state index contributed by atoms with van der Waals surface area (Å²) in [7, 11) is 0. The molecule has 0 aromatic heterocycles. The van der Waals surface area contributed by atoms with Crippen molar-refractivity contribution in [3.8, 4) is 11.8 Å². The van der Waals surface area contributed by atoms with E-state index >= 15 is 0 Å². The number of nitrogens with one attached hydrogen (secondary N) is 1. The minimum Gasteiger partial charge on any atom is -0.356 e. The van der Waals surface area contributed by atoms with Crippen molar-refractivity contribution in [1.29, 1.82) is 0 Å². The molecule has 0 aliphatic heterocycles. The molecule has 2 nitrogen and oxygen atoms in total. The summed E-state index contributed by atoms with van der Waals surface area (Å²) in [5.74, 6) is 6.02. The molecule has 80 valence electrons. The van der Waals surface area contributed by atoms with Gasteiger partial charge in [-0.2, -0.15) is 0 Å². The van der Waals surface area contributed by atoms with Crippen molar-refractivity contribution in [2.75, 3.05) is 6.54 Å². The normalized spacial score (nSPS) is 9.00. The molecule has 0 saturated carbocycles. The van der Waals surface area contributed by atoms with Gasteiger partial charge in [-0.05, 0) is 26.2 Å². The average Bonchev–Trinajstić information content (AvgIpc) is 2.18. The van der Waals surface area contributed by atoms with E-state index in [1.165, 1.54) is 0 Å². The van der Waals surface area contributed by atoms with Gasteiger partial charge in [-0.3, -0.25) is 4.79 Å². The Morgan fingerprint density at radius 1 is 1.29 bits per heavy atom. The van der Waals surface area contributed by atoms with E-state index in [0.29, 0.717) is 6.42 Å². The first-order chi connectivity index (χ1) is 6.81. The third-order valence-electron chi connectivity index (χ3n) is 1.98. The van der Waals surface area contributed by atoms with Crippen LogP contribution < -0.4 is 5.32 Å². The number of carbonyl (C=O) groups excluding carboxylic acids is 1. The molecule has 0 bridgehead atoms. The molecule has 0 saturated heterocycles. The monoisotopic (exact) mass is 195 g/mol. The van der Waals surface area contributed by atoms with Crippen molar-refractivity contribution in [1.82, 2.24) is 5.32 Å². The van der Waals surface area contributed by atoms with Gasteiger partial charge in [-0.15, -0.1) is 11.8 Å². The second-order valence-corrected chi connectivity index (χ2v) is 3.34. The first kappa shape index (κ1) is 13.0. The largest absolute Gasteiger partial charge is 0.356 e. The van der Waals surface area contributed by atoms with Crippen molar-refractivity contribution < 1.29 is 4.79 Å². The molecule has 0 fully saturated rings. The lowest BCUT2D eigenvalue weighted by Gasteiger charge is -2.02. The molecule has 1 N–H and O–H groups in total. The molecule has 2 heteroatoms. The molecule has 1 amide bonds. The van der Waals surface area contributed by atoms with E-state index in [1.807, 2.05) is 6.92 Å². The Bertz CT molecular complexity index is 200. The Kier molecular flexibility index (Phi) is 9.41. The molecule has 14 heavy (non-hydrogen) atoms. The Balaban J connectivity index is 3.21. The summed E-state index contributed by atoms with van der Waals surface area (Å²) in [6.45, 7) is 4.79. The number of hydrogen-bond acceptors (Lipinski definition) is 1. The van der Waals surface area contributed by atoms with Gasteiger partial charge in [0, 0.05) is 19.4 Å². The number of unbranched alkanes of at least 4 members (excludes halogenated alkanes) is 3. The highest BCUT2D eigenvalue weighted by Crippen LogP contribution is 1.98. The van der Waals surface area contributed by atoms with Crippen LogP contribution in [0.1, 0.15) is 52.4 Å². The lowest BCUT2D eigenvalue weighted by molar-refractivity contribution is -0.121. The molecule has 0 aromatic carbocycles. The summed E-state index contributed by atoms with van der Waals surface area (Å²) >= 11 is 0. The molecular formula is C12H21NO. The van der Waals surface area contributed by atoms with Crippen molar-refractivity contribution in [2.24, 2.45) is 0 Å². The predicted octanol–water partition coefficient (Wildman–Crippen LogP) is 2.49. The maximum atomic E-state index is 11.2. The standard InChI is InChI=1S/C12H21NO/c1-3-5-7-8-9-10-12(14)13-11-6-4-2/h4,6-11H2,1-2H3,(H,13,14). The quantitative estimate of drug-likeness (QED) is 0.491. The molecule has 0 atom stereocenters. The number of amides is 1. The summed E-state index contributed by atoms with van der Waals surface area (Å²) in [6, 6.07) is 0. The van der Waals surface area contributed by atoms with Crippen LogP contribution in [0.3, 0.4) is 0 Å². The smallest absolute Gasteiger partial charge is 0.219 e. The van der Waals surface area contributed by atoms with E-state index < -0.39 is 0 Å². The van der Waals surface area contributed by atoms with Crippen LogP contribution in [0, 0.1) is 11.8 Å². The van der Waals surface area contributed by atoms with Gasteiger partial charge in [0.15, 0.2) is 0 Å². The Morgan fingerprint density at radius 3 is 2.71 bits per heavy atom. The van der Waals surface area contributed by atoms with E-state index in [1.54, 1.807) is 0 Å². The van der Waals surface area contributed by atoms with E-state index in [9.17, 15) is 4.79 Å². The van der Waals surface area contributed by atoms with Crippen LogP contribution in [0.25, 0.3) is 0 Å². The minimum absolute atomic E-state index is 0.183. The zero-order chi connectivity index (χ0) is 10.6. The molecule has 0 aromatic rings. The van der Waals surface area contributed by atoms with Gasteiger partial charge < -0.3 is 5.32 Å². The van der Waals surface area contributed by atoms with Gasteiger partial charge in [-0.25, -0.2) is 0 Å². The molecule has 0 aliphatic rings. The van der Waals surface area contributed by atoms with Gasteiger partial charge in [-0.1, -0.05) is 13.3 Å². The van der Waals surface area contributed by atoms with Crippen LogP contribution in [0.4, 0.5) is 0 Å². The molecule has 0 rings (SSSR count). The number of rotatable bonds is 7. The zero-order valence-electron chi connectivity index (χ0n) is 9.36. The maximum Gasteiger partial charge on any atom is 0.219 e. The van der Waals surface area contributed by atoms with Gasteiger partial charge >= 0.3 is 0 Å². The van der Waals surface area contributed by atoms with Gasteiger partial charge in [0.2, 0.25) is 5.91 Å². The lowest BCUT2D eigenvalue weighted by atomic mass is 10.2. The Morgan fingerprint density at radius 2 is 2.07 bits per heavy atom. The fourth-order valence-electron chi connectivity index (χ4n) is 1.12. The summed E-state index contributed by atoms with van der Waals surface area (Å²) in [4.78, 5) is 11.2. The third kappa shape index (κ3) is 9.12. The van der Waals surface area contributed by atoms with Crippen molar-refractivity contribution in [2.45, 2.75) is 52.4 Å². The molecule has 0 aliphatic carbocycles. The zero-order valence-corrected chi connectivity index (χ0v) is 9.36. The van der Waals surface area contributed by atoms with Gasteiger partial charge in [0.05, 0.1) is 0 Å². The van der Waals surface area contributed by atoms with Crippen LogP contribution in [-0.4, -0.2) is 12.5 Å². The highest BCUT2D eigenvalue weighted by atomic mass is 16.1. The fraction of sp³-hybridized carbons (Fsp3) is 0.750. The van der Waals surface area contributed by atoms with E-state index in [2.05, 4.69) is 24.1 Å². The van der Waals surface area contributed by atoms with Crippen LogP contribution in [0.2, 0.25) is 0 Å². The van der Waals surface area contributed by atoms with Gasteiger partial charge in [0.1, 0.15) is 0 Å². The van der Waals surface area contributed by atoms with Crippen LogP contribution >= 0.6 is 0 Å². The summed E-state index contributed by atoms with van der Waals surface area (Å²) in [6.07, 6.45) is 5.75. The molecule has 0 heterocycles. The predicted molar refractivity (Wildman–Crippen MR) is 59.8 cm³/mol. The fourth-order valence-corrected chi connectivity index (χ4v) is 1.12. The second kappa shape index (κ2) is 10.1. The van der Waals surface area contributed by atoms with Crippen molar-refractivity contribution in [3.05, 3.63) is 0 Å². The summed E-state index contributed by atoms with van der Waals surface area (Å²) in [5.41, 5.74) is 0. The first-order valence-corrected chi connectivity index (χ1v) is 5.47. The average molecular weight is 195 g/mol. The maximum absolute atomic E-state index is 11.2.